The second-order valence-corrected chi connectivity index (χ2v) is 7.69. The van der Waals surface area contributed by atoms with Gasteiger partial charge in [0.1, 0.15) is 5.75 Å². The van der Waals surface area contributed by atoms with Crippen molar-refractivity contribution in [2.24, 2.45) is 0 Å². The lowest BCUT2D eigenvalue weighted by Gasteiger charge is -2.23. The second-order valence-electron chi connectivity index (χ2n) is 5.78. The monoisotopic (exact) mass is 383 g/mol. The first-order valence-electron chi connectivity index (χ1n) is 8.29. The largest absolute Gasteiger partial charge is 0.496 e. The van der Waals surface area contributed by atoms with Crippen LogP contribution in [0, 0.1) is 0 Å². The van der Waals surface area contributed by atoms with Crippen molar-refractivity contribution >= 4 is 29.0 Å². The fourth-order valence-electron chi connectivity index (χ4n) is 2.75. The first-order chi connectivity index (χ1) is 12.7. The van der Waals surface area contributed by atoms with Crippen molar-refractivity contribution in [3.8, 4) is 5.75 Å². The highest BCUT2D eigenvalue weighted by molar-refractivity contribution is 7.98. The molecule has 134 valence electrons. The van der Waals surface area contributed by atoms with Crippen molar-refractivity contribution in [1.82, 2.24) is 4.90 Å². The number of methoxy groups -OCH3 is 1. The number of ether oxygens (including phenoxy) is 1. The maximum Gasteiger partial charge on any atom is 0.254 e. The molecule has 0 saturated heterocycles. The smallest absolute Gasteiger partial charge is 0.254 e. The Morgan fingerprint density at radius 1 is 1.04 bits per heavy atom. The van der Waals surface area contributed by atoms with E-state index in [-0.39, 0.29) is 5.91 Å². The van der Waals surface area contributed by atoms with E-state index in [0.717, 1.165) is 21.1 Å². The number of rotatable bonds is 7. The summed E-state index contributed by atoms with van der Waals surface area (Å²) in [7, 11) is 1.66. The van der Waals surface area contributed by atoms with Gasteiger partial charge in [0.2, 0.25) is 0 Å². The molecular formula is C21H21NO2S2. The van der Waals surface area contributed by atoms with Gasteiger partial charge < -0.3 is 9.64 Å². The van der Waals surface area contributed by atoms with Crippen LogP contribution in [0.4, 0.5) is 0 Å². The molecule has 5 heteroatoms. The van der Waals surface area contributed by atoms with Crippen LogP contribution in [-0.4, -0.2) is 24.2 Å². The summed E-state index contributed by atoms with van der Waals surface area (Å²) in [6, 6.07) is 19.7. The van der Waals surface area contributed by atoms with Gasteiger partial charge in [-0.1, -0.05) is 24.3 Å². The van der Waals surface area contributed by atoms with Crippen LogP contribution in [0.15, 0.2) is 70.9 Å². The minimum atomic E-state index is 0.0250. The van der Waals surface area contributed by atoms with Crippen molar-refractivity contribution < 1.29 is 9.53 Å². The summed E-state index contributed by atoms with van der Waals surface area (Å²) in [5.41, 5.74) is 1.70. The average molecular weight is 384 g/mol. The Morgan fingerprint density at radius 3 is 2.46 bits per heavy atom. The Bertz CT molecular complexity index is 845. The third kappa shape index (κ3) is 4.48. The maximum atomic E-state index is 13.2. The quantitative estimate of drug-likeness (QED) is 0.517. The topological polar surface area (TPSA) is 29.5 Å². The minimum absolute atomic E-state index is 0.0250. The highest BCUT2D eigenvalue weighted by atomic mass is 32.2. The third-order valence-electron chi connectivity index (χ3n) is 4.10. The van der Waals surface area contributed by atoms with E-state index in [9.17, 15) is 4.79 Å². The summed E-state index contributed by atoms with van der Waals surface area (Å²) in [6.07, 6.45) is 2.03. The first-order valence-corrected chi connectivity index (χ1v) is 10.4. The molecule has 0 saturated carbocycles. The van der Waals surface area contributed by atoms with Gasteiger partial charge in [-0.15, -0.1) is 23.1 Å². The standard InChI is InChI=1S/C21H21NO2S2/c1-24-20-8-4-3-6-17(20)14-22(15-19-7-5-13-26-19)21(23)16-9-11-18(25-2)12-10-16/h3-13H,14-15H2,1-2H3. The van der Waals surface area contributed by atoms with Crippen LogP contribution in [0.3, 0.4) is 0 Å². The van der Waals surface area contributed by atoms with E-state index in [1.807, 2.05) is 71.1 Å². The van der Waals surface area contributed by atoms with Gasteiger partial charge in [0, 0.05) is 20.9 Å². The molecule has 0 aliphatic heterocycles. The fourth-order valence-corrected chi connectivity index (χ4v) is 3.87. The summed E-state index contributed by atoms with van der Waals surface area (Å²) in [5.74, 6) is 0.825. The summed E-state index contributed by atoms with van der Waals surface area (Å²) < 4.78 is 5.46. The van der Waals surface area contributed by atoms with E-state index in [1.54, 1.807) is 30.2 Å². The Kier molecular flexibility index (Phi) is 6.36. The van der Waals surface area contributed by atoms with Crippen molar-refractivity contribution in [3.05, 3.63) is 82.0 Å². The van der Waals surface area contributed by atoms with E-state index < -0.39 is 0 Å². The molecule has 1 aromatic heterocycles. The molecule has 0 fully saturated rings. The van der Waals surface area contributed by atoms with Crippen molar-refractivity contribution in [3.63, 3.8) is 0 Å². The molecule has 3 aromatic rings. The van der Waals surface area contributed by atoms with Gasteiger partial charge in [-0.25, -0.2) is 0 Å². The number of nitrogens with zero attached hydrogens (tertiary/aromatic N) is 1. The zero-order valence-corrected chi connectivity index (χ0v) is 16.5. The Balaban J connectivity index is 1.87. The van der Waals surface area contributed by atoms with Gasteiger partial charge in [-0.3, -0.25) is 4.79 Å². The summed E-state index contributed by atoms with van der Waals surface area (Å²) >= 11 is 3.33. The fraction of sp³-hybridized carbons (Fsp3) is 0.190. The highest BCUT2D eigenvalue weighted by Gasteiger charge is 2.18. The van der Waals surface area contributed by atoms with Crippen molar-refractivity contribution in [2.75, 3.05) is 13.4 Å². The number of carbonyl (C=O) groups is 1. The van der Waals surface area contributed by atoms with Crippen LogP contribution in [0.5, 0.6) is 5.75 Å². The Hall–Kier alpha value is -2.24. The van der Waals surface area contributed by atoms with Crippen LogP contribution in [0.25, 0.3) is 0 Å². The van der Waals surface area contributed by atoms with Gasteiger partial charge >= 0.3 is 0 Å². The molecular weight excluding hydrogens is 362 g/mol. The van der Waals surface area contributed by atoms with Crippen LogP contribution in [-0.2, 0) is 13.1 Å². The lowest BCUT2D eigenvalue weighted by atomic mass is 10.1. The molecule has 0 aliphatic rings. The molecule has 3 rings (SSSR count). The molecule has 26 heavy (non-hydrogen) atoms. The number of amides is 1. The summed E-state index contributed by atoms with van der Waals surface area (Å²) in [6.45, 7) is 1.09. The van der Waals surface area contributed by atoms with Crippen LogP contribution in [0.2, 0.25) is 0 Å². The molecule has 2 aromatic carbocycles. The number of thiophene rings is 1. The minimum Gasteiger partial charge on any atom is -0.496 e. The molecule has 0 bridgehead atoms. The number of hydrogen-bond donors (Lipinski definition) is 0. The maximum absolute atomic E-state index is 13.2. The van der Waals surface area contributed by atoms with Crippen LogP contribution >= 0.6 is 23.1 Å². The van der Waals surface area contributed by atoms with E-state index in [4.69, 9.17) is 4.74 Å². The Morgan fingerprint density at radius 2 is 1.81 bits per heavy atom. The lowest BCUT2D eigenvalue weighted by Crippen LogP contribution is -2.30. The highest BCUT2D eigenvalue weighted by Crippen LogP contribution is 2.23. The van der Waals surface area contributed by atoms with E-state index in [2.05, 4.69) is 6.07 Å². The SMILES string of the molecule is COc1ccccc1CN(Cc1cccs1)C(=O)c1ccc(SC)cc1. The van der Waals surface area contributed by atoms with E-state index in [0.29, 0.717) is 18.7 Å². The zero-order chi connectivity index (χ0) is 18.4. The predicted octanol–water partition coefficient (Wildman–Crippen LogP) is 5.32. The second kappa shape index (κ2) is 8.92. The van der Waals surface area contributed by atoms with Gasteiger partial charge in [0.15, 0.2) is 0 Å². The number of thioether (sulfide) groups is 1. The molecule has 3 nitrogen and oxygen atoms in total. The Labute approximate surface area is 162 Å². The zero-order valence-electron chi connectivity index (χ0n) is 14.8. The summed E-state index contributed by atoms with van der Waals surface area (Å²) in [5, 5.41) is 2.04. The van der Waals surface area contributed by atoms with Gasteiger partial charge in [0.25, 0.3) is 5.91 Å². The number of hydrogen-bond acceptors (Lipinski definition) is 4. The normalized spacial score (nSPS) is 10.5. The first kappa shape index (κ1) is 18.5. The number of carbonyl (C=O) groups excluding carboxylic acids is 1. The van der Waals surface area contributed by atoms with E-state index in [1.165, 1.54) is 0 Å². The van der Waals surface area contributed by atoms with Crippen LogP contribution in [0.1, 0.15) is 20.8 Å². The van der Waals surface area contributed by atoms with Crippen molar-refractivity contribution in [1.29, 1.82) is 0 Å². The third-order valence-corrected chi connectivity index (χ3v) is 5.71. The lowest BCUT2D eigenvalue weighted by molar-refractivity contribution is 0.0730. The van der Waals surface area contributed by atoms with Crippen LogP contribution < -0.4 is 4.74 Å². The molecule has 0 radical (unpaired) electrons. The molecule has 0 spiro atoms. The number of para-hydroxylation sites is 1. The predicted molar refractivity (Wildman–Crippen MR) is 109 cm³/mol. The van der Waals surface area contributed by atoms with E-state index >= 15 is 0 Å². The summed E-state index contributed by atoms with van der Waals surface area (Å²) in [4.78, 5) is 17.3. The van der Waals surface area contributed by atoms with Crippen molar-refractivity contribution in [2.45, 2.75) is 18.0 Å². The molecule has 0 unspecified atom stereocenters. The molecule has 0 aliphatic carbocycles. The van der Waals surface area contributed by atoms with Gasteiger partial charge in [-0.2, -0.15) is 0 Å². The molecule has 0 atom stereocenters. The molecule has 1 amide bonds. The average Bonchev–Trinajstić information content (AvgIpc) is 3.20. The number of benzene rings is 2. The van der Waals surface area contributed by atoms with Gasteiger partial charge in [-0.05, 0) is 48.0 Å². The van der Waals surface area contributed by atoms with Gasteiger partial charge in [0.05, 0.1) is 20.2 Å². The molecule has 0 N–H and O–H groups in total. The molecule has 1 heterocycles.